The number of carbonyl (C=O) groups excluding carboxylic acids is 2. The molecule has 1 amide bonds. The minimum absolute atomic E-state index is 0.0191. The highest BCUT2D eigenvalue weighted by molar-refractivity contribution is 8.04. The first kappa shape index (κ1) is 24.5. The van der Waals surface area contributed by atoms with Gasteiger partial charge in [0.1, 0.15) is 23.1 Å². The maximum absolute atomic E-state index is 13.1. The zero-order valence-electron chi connectivity index (χ0n) is 20.0. The lowest BCUT2D eigenvalue weighted by Gasteiger charge is -2.39. The largest absolute Gasteiger partial charge is 0.496 e. The van der Waals surface area contributed by atoms with Crippen LogP contribution in [0.2, 0.25) is 5.02 Å². The first-order valence-corrected chi connectivity index (χ1v) is 12.5. The van der Waals surface area contributed by atoms with Gasteiger partial charge in [-0.25, -0.2) is 0 Å². The highest BCUT2D eigenvalue weighted by atomic mass is 35.5. The van der Waals surface area contributed by atoms with Crippen molar-refractivity contribution in [3.05, 3.63) is 51.9 Å². The molecule has 2 heterocycles. The molecule has 34 heavy (non-hydrogen) atoms. The molecule has 0 bridgehead atoms. The Balaban J connectivity index is 1.77. The Morgan fingerprint density at radius 1 is 1.26 bits per heavy atom. The lowest BCUT2D eigenvalue weighted by molar-refractivity contribution is -0.144. The maximum Gasteiger partial charge on any atom is 0.320 e. The van der Waals surface area contributed by atoms with Crippen LogP contribution in [0.15, 0.2) is 41.3 Å². The Labute approximate surface area is 209 Å². The summed E-state index contributed by atoms with van der Waals surface area (Å²) in [6.07, 6.45) is 3.68. The molecule has 1 unspecified atom stereocenters. The summed E-state index contributed by atoms with van der Waals surface area (Å²) in [7, 11) is 3.35. The quantitative estimate of drug-likeness (QED) is 0.489. The van der Waals surface area contributed by atoms with E-state index < -0.39 is 5.54 Å². The van der Waals surface area contributed by atoms with Crippen molar-refractivity contribution >= 4 is 46.6 Å². The number of carbonyl (C=O) groups is 2. The van der Waals surface area contributed by atoms with Crippen molar-refractivity contribution in [1.82, 2.24) is 0 Å². The van der Waals surface area contributed by atoms with E-state index in [0.717, 1.165) is 28.8 Å². The zero-order valence-corrected chi connectivity index (χ0v) is 21.6. The van der Waals surface area contributed by atoms with Crippen molar-refractivity contribution in [2.24, 2.45) is 0 Å². The van der Waals surface area contributed by atoms with E-state index in [4.69, 9.17) is 21.1 Å². The Kier molecular flexibility index (Phi) is 6.87. The van der Waals surface area contributed by atoms with Gasteiger partial charge < -0.3 is 19.7 Å². The van der Waals surface area contributed by atoms with E-state index in [2.05, 4.69) is 18.3 Å². The molecule has 180 valence electrons. The molecule has 4 rings (SSSR count). The summed E-state index contributed by atoms with van der Waals surface area (Å²) in [5, 5.41) is 3.65. The predicted molar refractivity (Wildman–Crippen MR) is 139 cm³/mol. The van der Waals surface area contributed by atoms with Crippen LogP contribution in [0.25, 0.3) is 11.1 Å². The number of amides is 1. The van der Waals surface area contributed by atoms with E-state index in [-0.39, 0.29) is 23.7 Å². The maximum atomic E-state index is 13.1. The van der Waals surface area contributed by atoms with Crippen molar-refractivity contribution in [1.29, 1.82) is 0 Å². The summed E-state index contributed by atoms with van der Waals surface area (Å²) in [4.78, 5) is 28.9. The molecule has 2 aliphatic rings. The number of fused-ring (bicyclic) bond motifs is 1. The molecule has 0 saturated heterocycles. The van der Waals surface area contributed by atoms with Crippen LogP contribution in [-0.2, 0) is 20.9 Å². The summed E-state index contributed by atoms with van der Waals surface area (Å²) >= 11 is 7.89. The van der Waals surface area contributed by atoms with Crippen LogP contribution in [0.5, 0.6) is 5.75 Å². The SMILES string of the molecule is CCC1=CCC(C(=O)OCc2c(-c3cc(Cl)ccc3OC)ccc3c2N(C)C(=O)C(C)(C)N3)S1. The van der Waals surface area contributed by atoms with Gasteiger partial charge in [0.25, 0.3) is 5.91 Å². The topological polar surface area (TPSA) is 67.9 Å². The van der Waals surface area contributed by atoms with Crippen LogP contribution in [-0.4, -0.2) is 36.8 Å². The molecule has 2 aromatic rings. The van der Waals surface area contributed by atoms with Gasteiger partial charge in [-0.3, -0.25) is 9.59 Å². The highest BCUT2D eigenvalue weighted by Gasteiger charge is 2.39. The van der Waals surface area contributed by atoms with Crippen LogP contribution >= 0.6 is 23.4 Å². The van der Waals surface area contributed by atoms with Gasteiger partial charge in [0, 0.05) is 23.2 Å². The number of hydrogen-bond acceptors (Lipinski definition) is 6. The molecule has 0 spiro atoms. The number of esters is 1. The average molecular weight is 501 g/mol. The molecule has 0 aliphatic carbocycles. The average Bonchev–Trinajstić information content (AvgIpc) is 3.30. The van der Waals surface area contributed by atoms with E-state index in [1.807, 2.05) is 32.0 Å². The van der Waals surface area contributed by atoms with E-state index in [1.54, 1.807) is 43.0 Å². The molecule has 2 aromatic carbocycles. The molecule has 0 aromatic heterocycles. The van der Waals surface area contributed by atoms with Crippen LogP contribution in [0.3, 0.4) is 0 Å². The number of allylic oxidation sites excluding steroid dienone is 2. The van der Waals surface area contributed by atoms with E-state index >= 15 is 0 Å². The van der Waals surface area contributed by atoms with Crippen molar-refractivity contribution < 1.29 is 19.1 Å². The van der Waals surface area contributed by atoms with Crippen LogP contribution in [0.1, 0.15) is 39.2 Å². The Hall–Kier alpha value is -2.64. The van der Waals surface area contributed by atoms with E-state index in [0.29, 0.717) is 22.9 Å². The molecule has 8 heteroatoms. The van der Waals surface area contributed by atoms with Crippen molar-refractivity contribution in [2.45, 2.75) is 51.0 Å². The third-order valence-corrected chi connectivity index (χ3v) is 7.84. The standard InChI is InChI=1S/C26H29ClN2O4S/c1-6-16-8-12-22(34-16)24(30)33-14-19-17(18-13-15(27)7-11-21(18)32-5)9-10-20-23(19)29(4)25(31)26(2,3)28-20/h7-11,13,22,28H,6,12,14H2,1-5H3. The number of nitrogens with zero attached hydrogens (tertiary/aromatic N) is 1. The second-order valence-electron chi connectivity index (χ2n) is 8.92. The van der Waals surface area contributed by atoms with Crippen LogP contribution < -0.4 is 15.0 Å². The fraction of sp³-hybridized carbons (Fsp3) is 0.385. The van der Waals surface area contributed by atoms with Gasteiger partial charge in [0.15, 0.2) is 0 Å². The molecule has 2 aliphatic heterocycles. The lowest BCUT2D eigenvalue weighted by Crippen LogP contribution is -2.52. The zero-order chi connectivity index (χ0) is 24.6. The third-order valence-electron chi connectivity index (χ3n) is 6.18. The van der Waals surface area contributed by atoms with Gasteiger partial charge in [-0.2, -0.15) is 0 Å². The minimum Gasteiger partial charge on any atom is -0.496 e. The summed E-state index contributed by atoms with van der Waals surface area (Å²) in [6.45, 7) is 5.79. The molecule has 0 saturated carbocycles. The van der Waals surface area contributed by atoms with E-state index in [9.17, 15) is 9.59 Å². The van der Waals surface area contributed by atoms with Crippen molar-refractivity contribution in [2.75, 3.05) is 24.4 Å². The summed E-state index contributed by atoms with van der Waals surface area (Å²) in [5.41, 5.74) is 3.00. The number of ether oxygens (including phenoxy) is 2. The normalized spacial score (nSPS) is 18.8. The predicted octanol–water partition coefficient (Wildman–Crippen LogP) is 6.03. The fourth-order valence-corrected chi connectivity index (χ4v) is 5.70. The highest BCUT2D eigenvalue weighted by Crippen LogP contribution is 2.45. The number of rotatable bonds is 6. The molecule has 0 fully saturated rings. The molecule has 1 N–H and O–H groups in total. The molecule has 6 nitrogen and oxygen atoms in total. The molecule has 1 atom stereocenters. The van der Waals surface area contributed by atoms with Gasteiger partial charge >= 0.3 is 5.97 Å². The van der Waals surface area contributed by atoms with Gasteiger partial charge in [-0.05, 0) is 61.4 Å². The van der Waals surface area contributed by atoms with Gasteiger partial charge in [-0.1, -0.05) is 30.7 Å². The first-order chi connectivity index (χ1) is 16.2. The van der Waals surface area contributed by atoms with Gasteiger partial charge in [-0.15, -0.1) is 11.8 Å². The van der Waals surface area contributed by atoms with Gasteiger partial charge in [0.05, 0.1) is 18.5 Å². The minimum atomic E-state index is -0.756. The lowest BCUT2D eigenvalue weighted by atomic mass is 9.92. The second kappa shape index (κ2) is 9.55. The van der Waals surface area contributed by atoms with Gasteiger partial charge in [0.2, 0.25) is 0 Å². The Morgan fingerprint density at radius 3 is 2.71 bits per heavy atom. The fourth-order valence-electron chi connectivity index (χ4n) is 4.45. The number of benzene rings is 2. The summed E-state index contributed by atoms with van der Waals surface area (Å²) < 4.78 is 11.4. The smallest absolute Gasteiger partial charge is 0.320 e. The Bertz CT molecular complexity index is 1180. The number of thioether (sulfide) groups is 1. The van der Waals surface area contributed by atoms with E-state index in [1.165, 1.54) is 4.91 Å². The summed E-state index contributed by atoms with van der Waals surface area (Å²) in [6, 6.07) is 9.27. The Morgan fingerprint density at radius 2 is 2.03 bits per heavy atom. The third kappa shape index (κ3) is 4.51. The number of methoxy groups -OCH3 is 1. The van der Waals surface area contributed by atoms with Crippen molar-refractivity contribution in [3.8, 4) is 16.9 Å². The van der Waals surface area contributed by atoms with Crippen LogP contribution in [0.4, 0.5) is 11.4 Å². The molecular formula is C26H29ClN2O4S. The summed E-state index contributed by atoms with van der Waals surface area (Å²) in [5.74, 6) is 0.299. The van der Waals surface area contributed by atoms with Crippen LogP contribution in [0, 0.1) is 0 Å². The first-order valence-electron chi connectivity index (χ1n) is 11.2. The van der Waals surface area contributed by atoms with Crippen molar-refractivity contribution in [3.63, 3.8) is 0 Å². The second-order valence-corrected chi connectivity index (χ2v) is 10.7. The number of likely N-dealkylation sites (N-methyl/N-ethyl adjacent to an activating group) is 1. The number of nitrogens with one attached hydrogen (secondary N) is 1. The molecular weight excluding hydrogens is 472 g/mol. The number of anilines is 2. The monoisotopic (exact) mass is 500 g/mol. The number of halogens is 1. The number of hydrogen-bond donors (Lipinski definition) is 1. The molecule has 0 radical (unpaired) electrons.